The molecule has 3 heteroatoms. The summed E-state index contributed by atoms with van der Waals surface area (Å²) >= 11 is 0. The topological polar surface area (TPSA) is 46.3 Å². The van der Waals surface area contributed by atoms with E-state index in [2.05, 4.69) is 24.3 Å². The molecule has 1 unspecified atom stereocenters. The average molecular weight is 260 g/mol. The Morgan fingerprint density at radius 2 is 2.11 bits per heavy atom. The van der Waals surface area contributed by atoms with Crippen molar-refractivity contribution in [1.82, 2.24) is 4.90 Å². The van der Waals surface area contributed by atoms with E-state index in [1.165, 1.54) is 11.1 Å². The molecule has 19 heavy (non-hydrogen) atoms. The van der Waals surface area contributed by atoms with Crippen LogP contribution in [0.3, 0.4) is 0 Å². The van der Waals surface area contributed by atoms with E-state index in [-0.39, 0.29) is 11.9 Å². The molecule has 0 bridgehead atoms. The van der Waals surface area contributed by atoms with Gasteiger partial charge in [-0.05, 0) is 44.2 Å². The lowest BCUT2D eigenvalue weighted by Gasteiger charge is -2.34. The molecule has 104 valence electrons. The van der Waals surface area contributed by atoms with Gasteiger partial charge in [0.25, 0.3) is 0 Å². The smallest absolute Gasteiger partial charge is 0.224 e. The normalized spacial score (nSPS) is 18.8. The minimum absolute atomic E-state index is 0.134. The second-order valence-electron chi connectivity index (χ2n) is 6.28. The Morgan fingerprint density at radius 1 is 1.42 bits per heavy atom. The zero-order chi connectivity index (χ0) is 14.0. The van der Waals surface area contributed by atoms with Gasteiger partial charge in [0.15, 0.2) is 0 Å². The summed E-state index contributed by atoms with van der Waals surface area (Å²) < 4.78 is 0. The van der Waals surface area contributed by atoms with E-state index < -0.39 is 5.54 Å². The predicted octanol–water partition coefficient (Wildman–Crippen LogP) is 2.65. The number of amides is 1. The number of hydrogen-bond acceptors (Lipinski definition) is 2. The van der Waals surface area contributed by atoms with E-state index >= 15 is 0 Å². The maximum absolute atomic E-state index is 12.3. The van der Waals surface area contributed by atoms with E-state index in [4.69, 9.17) is 5.73 Å². The molecular weight excluding hydrogens is 236 g/mol. The van der Waals surface area contributed by atoms with Gasteiger partial charge in [-0.25, -0.2) is 0 Å². The van der Waals surface area contributed by atoms with Gasteiger partial charge < -0.3 is 10.6 Å². The summed E-state index contributed by atoms with van der Waals surface area (Å²) in [7, 11) is 1.90. The molecule has 0 aromatic heterocycles. The molecule has 0 fully saturated rings. The van der Waals surface area contributed by atoms with E-state index in [0.717, 1.165) is 19.3 Å². The Bertz CT molecular complexity index is 462. The number of carbonyl (C=O) groups is 1. The summed E-state index contributed by atoms with van der Waals surface area (Å²) in [5, 5.41) is 0. The molecule has 1 aromatic carbocycles. The third-order valence-corrected chi connectivity index (χ3v) is 3.81. The second kappa shape index (κ2) is 5.33. The molecule has 2 rings (SSSR count). The molecule has 0 aliphatic heterocycles. The molecule has 0 radical (unpaired) electrons. The van der Waals surface area contributed by atoms with Gasteiger partial charge >= 0.3 is 0 Å². The van der Waals surface area contributed by atoms with Crippen LogP contribution in [0.25, 0.3) is 0 Å². The Hall–Kier alpha value is -1.35. The third-order valence-electron chi connectivity index (χ3n) is 3.81. The van der Waals surface area contributed by atoms with Crippen molar-refractivity contribution in [2.24, 2.45) is 5.73 Å². The molecule has 1 amide bonds. The summed E-state index contributed by atoms with van der Waals surface area (Å²) in [5.74, 6) is 0.134. The number of hydrogen-bond donors (Lipinski definition) is 1. The van der Waals surface area contributed by atoms with Crippen LogP contribution in [0.1, 0.15) is 50.3 Å². The summed E-state index contributed by atoms with van der Waals surface area (Å²) in [6.45, 7) is 3.79. The minimum Gasteiger partial charge on any atom is -0.339 e. The number of fused-ring (bicyclic) bond motifs is 1. The van der Waals surface area contributed by atoms with Crippen molar-refractivity contribution in [2.45, 2.75) is 51.1 Å². The van der Waals surface area contributed by atoms with Crippen molar-refractivity contribution in [3.63, 3.8) is 0 Å². The lowest BCUT2D eigenvalue weighted by Crippen LogP contribution is -2.41. The van der Waals surface area contributed by atoms with Crippen LogP contribution in [0.5, 0.6) is 0 Å². The first-order valence-electron chi connectivity index (χ1n) is 7.01. The largest absolute Gasteiger partial charge is 0.339 e. The van der Waals surface area contributed by atoms with Gasteiger partial charge in [-0.2, -0.15) is 0 Å². The van der Waals surface area contributed by atoms with Crippen molar-refractivity contribution in [3.05, 3.63) is 35.4 Å². The molecule has 3 nitrogen and oxygen atoms in total. The maximum atomic E-state index is 12.3. The zero-order valence-corrected chi connectivity index (χ0v) is 12.1. The summed E-state index contributed by atoms with van der Waals surface area (Å²) in [5.41, 5.74) is 8.19. The Balaban J connectivity index is 2.17. The van der Waals surface area contributed by atoms with Gasteiger partial charge in [-0.3, -0.25) is 4.79 Å². The molecule has 1 aliphatic rings. The van der Waals surface area contributed by atoms with E-state index in [9.17, 15) is 4.79 Å². The van der Waals surface area contributed by atoms with Crippen LogP contribution < -0.4 is 5.73 Å². The highest BCUT2D eigenvalue weighted by Gasteiger charge is 2.28. The van der Waals surface area contributed by atoms with Crippen LogP contribution in [0.2, 0.25) is 0 Å². The number of rotatable bonds is 3. The molecular formula is C16H24N2O. The quantitative estimate of drug-likeness (QED) is 0.908. The summed E-state index contributed by atoms with van der Waals surface area (Å²) in [4.78, 5) is 14.2. The standard InChI is InChI=1S/C16H24N2O/c1-16(2,17)11-15(19)18(3)14-10-6-8-12-7-4-5-9-13(12)14/h4-5,7,9,14H,6,8,10-11,17H2,1-3H3. The molecule has 0 saturated heterocycles. The number of benzene rings is 1. The van der Waals surface area contributed by atoms with Gasteiger partial charge in [0.05, 0.1) is 6.04 Å². The monoisotopic (exact) mass is 260 g/mol. The fourth-order valence-electron chi connectivity index (χ4n) is 2.82. The molecule has 1 aromatic rings. The lowest BCUT2D eigenvalue weighted by molar-refractivity contribution is -0.133. The lowest BCUT2D eigenvalue weighted by atomic mass is 9.86. The molecule has 1 aliphatic carbocycles. The van der Waals surface area contributed by atoms with E-state index in [1.54, 1.807) is 0 Å². The minimum atomic E-state index is -0.445. The van der Waals surface area contributed by atoms with Crippen LogP contribution in [0, 0.1) is 0 Å². The molecule has 1 atom stereocenters. The SMILES string of the molecule is CN(C(=O)CC(C)(C)N)C1CCCc2ccccc21. The Labute approximate surface area is 115 Å². The number of nitrogens with zero attached hydrogens (tertiary/aromatic N) is 1. The first-order chi connectivity index (χ1) is 8.88. The van der Waals surface area contributed by atoms with Crippen molar-refractivity contribution in [1.29, 1.82) is 0 Å². The molecule has 0 heterocycles. The van der Waals surface area contributed by atoms with E-state index in [0.29, 0.717) is 6.42 Å². The third kappa shape index (κ3) is 3.35. The highest BCUT2D eigenvalue weighted by Crippen LogP contribution is 2.33. The number of nitrogens with two attached hydrogens (primary N) is 1. The average Bonchev–Trinajstić information content (AvgIpc) is 2.35. The molecule has 2 N–H and O–H groups in total. The first kappa shape index (κ1) is 14.1. The predicted molar refractivity (Wildman–Crippen MR) is 77.8 cm³/mol. The fourth-order valence-corrected chi connectivity index (χ4v) is 2.82. The van der Waals surface area contributed by atoms with Crippen LogP contribution in [-0.4, -0.2) is 23.4 Å². The number of aryl methyl sites for hydroxylation is 1. The van der Waals surface area contributed by atoms with Gasteiger partial charge in [-0.15, -0.1) is 0 Å². The van der Waals surface area contributed by atoms with Crippen molar-refractivity contribution >= 4 is 5.91 Å². The number of carbonyl (C=O) groups excluding carboxylic acids is 1. The Kier molecular flexibility index (Phi) is 3.95. The summed E-state index contributed by atoms with van der Waals surface area (Å²) in [6, 6.07) is 8.66. The molecule has 0 saturated carbocycles. The molecule has 0 spiro atoms. The van der Waals surface area contributed by atoms with Crippen LogP contribution in [0.4, 0.5) is 0 Å². The van der Waals surface area contributed by atoms with Gasteiger partial charge in [-0.1, -0.05) is 24.3 Å². The fraction of sp³-hybridized carbons (Fsp3) is 0.562. The maximum Gasteiger partial charge on any atom is 0.224 e. The van der Waals surface area contributed by atoms with Gasteiger partial charge in [0.2, 0.25) is 5.91 Å². The van der Waals surface area contributed by atoms with Gasteiger partial charge in [0.1, 0.15) is 0 Å². The first-order valence-corrected chi connectivity index (χ1v) is 7.01. The Morgan fingerprint density at radius 3 is 2.79 bits per heavy atom. The van der Waals surface area contributed by atoms with Crippen LogP contribution in [-0.2, 0) is 11.2 Å². The van der Waals surface area contributed by atoms with Crippen molar-refractivity contribution in [2.75, 3.05) is 7.05 Å². The van der Waals surface area contributed by atoms with Crippen LogP contribution in [0.15, 0.2) is 24.3 Å². The van der Waals surface area contributed by atoms with Crippen molar-refractivity contribution < 1.29 is 4.79 Å². The zero-order valence-electron chi connectivity index (χ0n) is 12.1. The van der Waals surface area contributed by atoms with Crippen LogP contribution >= 0.6 is 0 Å². The second-order valence-corrected chi connectivity index (χ2v) is 6.28. The summed E-state index contributed by atoms with van der Waals surface area (Å²) in [6.07, 6.45) is 3.70. The van der Waals surface area contributed by atoms with E-state index in [1.807, 2.05) is 25.8 Å². The highest BCUT2D eigenvalue weighted by molar-refractivity contribution is 5.77. The highest BCUT2D eigenvalue weighted by atomic mass is 16.2. The van der Waals surface area contributed by atoms with Crippen molar-refractivity contribution in [3.8, 4) is 0 Å². The van der Waals surface area contributed by atoms with Gasteiger partial charge in [0, 0.05) is 19.0 Å².